The first-order valence-electron chi connectivity index (χ1n) is 9.06. The van der Waals surface area contributed by atoms with Gasteiger partial charge in [-0.25, -0.2) is 0 Å². The smallest absolute Gasteiger partial charge is 0.257 e. The van der Waals surface area contributed by atoms with Gasteiger partial charge in [0.05, 0.1) is 42.4 Å². The molecule has 0 saturated heterocycles. The Labute approximate surface area is 157 Å². The summed E-state index contributed by atoms with van der Waals surface area (Å²) in [5.41, 5.74) is 2.56. The molecule has 1 aliphatic heterocycles. The highest BCUT2D eigenvalue weighted by Gasteiger charge is 2.30. The Morgan fingerprint density at radius 2 is 2.22 bits per heavy atom. The summed E-state index contributed by atoms with van der Waals surface area (Å²) in [4.78, 5) is 19.0. The SMILES string of the molecule is Cc1occc1C(=O)N1Cc2ccnn2[C@H](CCOCc2ccccn2)C1. The van der Waals surface area contributed by atoms with E-state index in [9.17, 15) is 4.79 Å². The van der Waals surface area contributed by atoms with Gasteiger partial charge >= 0.3 is 0 Å². The topological polar surface area (TPSA) is 73.4 Å². The molecule has 0 aromatic carbocycles. The van der Waals surface area contributed by atoms with Crippen molar-refractivity contribution >= 4 is 5.91 Å². The molecule has 1 amide bonds. The van der Waals surface area contributed by atoms with Gasteiger partial charge in [-0.1, -0.05) is 6.07 Å². The third-order valence-electron chi connectivity index (χ3n) is 4.83. The summed E-state index contributed by atoms with van der Waals surface area (Å²) in [6.07, 6.45) is 5.88. The number of fused-ring (bicyclic) bond motifs is 1. The Morgan fingerprint density at radius 3 is 3.00 bits per heavy atom. The quantitative estimate of drug-likeness (QED) is 0.627. The summed E-state index contributed by atoms with van der Waals surface area (Å²) >= 11 is 0. The molecule has 0 saturated carbocycles. The summed E-state index contributed by atoms with van der Waals surface area (Å²) < 4.78 is 13.1. The predicted molar refractivity (Wildman–Crippen MR) is 98.0 cm³/mol. The van der Waals surface area contributed by atoms with E-state index in [1.165, 1.54) is 0 Å². The zero-order valence-electron chi connectivity index (χ0n) is 15.2. The standard InChI is InChI=1S/C20H22N4O3/c1-15-19(7-11-27-15)20(25)23-12-17-5-9-22-24(17)18(13-23)6-10-26-14-16-4-2-3-8-21-16/h2-5,7-9,11,18H,6,10,12-14H2,1H3/t18-/m1/s1. The Balaban J connectivity index is 1.40. The zero-order valence-corrected chi connectivity index (χ0v) is 15.2. The van der Waals surface area contributed by atoms with E-state index in [0.717, 1.165) is 17.8 Å². The van der Waals surface area contributed by atoms with Crippen LogP contribution in [-0.4, -0.2) is 38.7 Å². The average Bonchev–Trinajstić information content (AvgIpc) is 3.34. The highest BCUT2D eigenvalue weighted by atomic mass is 16.5. The van der Waals surface area contributed by atoms with Crippen LogP contribution in [0.15, 0.2) is 53.4 Å². The molecule has 7 nitrogen and oxygen atoms in total. The summed E-state index contributed by atoms with van der Waals surface area (Å²) in [6.45, 7) is 4.02. The fraction of sp³-hybridized carbons (Fsp3) is 0.350. The molecule has 0 radical (unpaired) electrons. The molecular weight excluding hydrogens is 344 g/mol. The molecule has 0 bridgehead atoms. The summed E-state index contributed by atoms with van der Waals surface area (Å²) in [7, 11) is 0. The number of pyridine rings is 1. The number of ether oxygens (including phenoxy) is 1. The molecule has 3 aromatic heterocycles. The Morgan fingerprint density at radius 1 is 1.30 bits per heavy atom. The molecule has 0 unspecified atom stereocenters. The van der Waals surface area contributed by atoms with E-state index < -0.39 is 0 Å². The van der Waals surface area contributed by atoms with Crippen molar-refractivity contribution in [3.05, 3.63) is 71.7 Å². The second-order valence-electron chi connectivity index (χ2n) is 6.66. The molecule has 0 N–H and O–H groups in total. The number of hydrogen-bond acceptors (Lipinski definition) is 5. The van der Waals surface area contributed by atoms with Crippen LogP contribution in [0.25, 0.3) is 0 Å². The number of aryl methyl sites for hydroxylation is 1. The first-order valence-corrected chi connectivity index (χ1v) is 9.06. The predicted octanol–water partition coefficient (Wildman–Crippen LogP) is 2.98. The zero-order chi connectivity index (χ0) is 18.6. The normalized spacial score (nSPS) is 16.3. The van der Waals surface area contributed by atoms with E-state index in [1.54, 1.807) is 24.7 Å². The minimum atomic E-state index is -0.00639. The van der Waals surface area contributed by atoms with E-state index in [1.807, 2.05) is 40.8 Å². The van der Waals surface area contributed by atoms with Gasteiger partial charge in [-0.05, 0) is 37.6 Å². The molecule has 4 rings (SSSR count). The van der Waals surface area contributed by atoms with Crippen molar-refractivity contribution in [2.24, 2.45) is 0 Å². The number of aromatic nitrogens is 3. The van der Waals surface area contributed by atoms with Crippen LogP contribution in [0.2, 0.25) is 0 Å². The van der Waals surface area contributed by atoms with Gasteiger partial charge in [-0.2, -0.15) is 5.10 Å². The van der Waals surface area contributed by atoms with E-state index in [2.05, 4.69) is 10.1 Å². The summed E-state index contributed by atoms with van der Waals surface area (Å²) in [5, 5.41) is 4.44. The van der Waals surface area contributed by atoms with Crippen LogP contribution in [0.3, 0.4) is 0 Å². The molecule has 140 valence electrons. The lowest BCUT2D eigenvalue weighted by Gasteiger charge is -2.34. The maximum Gasteiger partial charge on any atom is 0.257 e. The number of nitrogens with zero attached hydrogens (tertiary/aromatic N) is 4. The maximum atomic E-state index is 12.9. The van der Waals surface area contributed by atoms with Crippen molar-refractivity contribution in [1.82, 2.24) is 19.7 Å². The Kier molecular flexibility index (Phi) is 5.02. The molecular formula is C20H22N4O3. The van der Waals surface area contributed by atoms with Crippen LogP contribution in [0.1, 0.15) is 40.0 Å². The third kappa shape index (κ3) is 3.78. The highest BCUT2D eigenvalue weighted by molar-refractivity contribution is 5.95. The molecule has 0 spiro atoms. The van der Waals surface area contributed by atoms with Crippen LogP contribution in [0.4, 0.5) is 0 Å². The van der Waals surface area contributed by atoms with Gasteiger partial charge in [-0.3, -0.25) is 14.5 Å². The molecule has 3 aromatic rings. The number of hydrogen-bond donors (Lipinski definition) is 0. The van der Waals surface area contributed by atoms with E-state index in [-0.39, 0.29) is 11.9 Å². The van der Waals surface area contributed by atoms with Gasteiger partial charge in [0.25, 0.3) is 5.91 Å². The van der Waals surface area contributed by atoms with E-state index >= 15 is 0 Å². The number of furan rings is 1. The van der Waals surface area contributed by atoms with Crippen molar-refractivity contribution in [2.75, 3.05) is 13.2 Å². The van der Waals surface area contributed by atoms with Crippen LogP contribution >= 0.6 is 0 Å². The second kappa shape index (κ2) is 7.75. The Hall–Kier alpha value is -2.93. The molecule has 1 aliphatic rings. The highest BCUT2D eigenvalue weighted by Crippen LogP contribution is 2.25. The number of carbonyl (C=O) groups excluding carboxylic acids is 1. The van der Waals surface area contributed by atoms with E-state index in [0.29, 0.717) is 37.6 Å². The molecule has 0 aliphatic carbocycles. The summed E-state index contributed by atoms with van der Waals surface area (Å²) in [5.74, 6) is 0.641. The monoisotopic (exact) mass is 366 g/mol. The van der Waals surface area contributed by atoms with Crippen LogP contribution < -0.4 is 0 Å². The third-order valence-corrected chi connectivity index (χ3v) is 4.83. The van der Waals surface area contributed by atoms with Crippen molar-refractivity contribution in [3.8, 4) is 0 Å². The van der Waals surface area contributed by atoms with Crippen LogP contribution in [0, 0.1) is 6.92 Å². The first-order chi connectivity index (χ1) is 13.2. The Bertz CT molecular complexity index is 903. The number of amides is 1. The van der Waals surface area contributed by atoms with Gasteiger partial charge in [0.1, 0.15) is 5.76 Å². The number of rotatable bonds is 6. The maximum absolute atomic E-state index is 12.9. The van der Waals surface area contributed by atoms with Gasteiger partial charge < -0.3 is 14.1 Å². The minimum absolute atomic E-state index is 0.00639. The van der Waals surface area contributed by atoms with Crippen molar-refractivity contribution < 1.29 is 13.9 Å². The van der Waals surface area contributed by atoms with Crippen molar-refractivity contribution in [1.29, 1.82) is 0 Å². The summed E-state index contributed by atoms with van der Waals surface area (Å²) in [6, 6.07) is 9.56. The lowest BCUT2D eigenvalue weighted by Crippen LogP contribution is -2.41. The molecule has 4 heterocycles. The fourth-order valence-electron chi connectivity index (χ4n) is 3.41. The van der Waals surface area contributed by atoms with Gasteiger partial charge in [0.2, 0.25) is 0 Å². The van der Waals surface area contributed by atoms with Gasteiger partial charge in [-0.15, -0.1) is 0 Å². The van der Waals surface area contributed by atoms with E-state index in [4.69, 9.17) is 9.15 Å². The van der Waals surface area contributed by atoms with Crippen LogP contribution in [0.5, 0.6) is 0 Å². The van der Waals surface area contributed by atoms with Gasteiger partial charge in [0.15, 0.2) is 0 Å². The molecule has 0 fully saturated rings. The molecule has 7 heteroatoms. The van der Waals surface area contributed by atoms with Crippen molar-refractivity contribution in [2.45, 2.75) is 32.5 Å². The lowest BCUT2D eigenvalue weighted by molar-refractivity contribution is 0.0601. The van der Waals surface area contributed by atoms with Crippen LogP contribution in [-0.2, 0) is 17.9 Å². The fourth-order valence-corrected chi connectivity index (χ4v) is 3.41. The number of carbonyl (C=O) groups is 1. The lowest BCUT2D eigenvalue weighted by atomic mass is 10.1. The molecule has 27 heavy (non-hydrogen) atoms. The van der Waals surface area contributed by atoms with Gasteiger partial charge in [0, 0.05) is 25.5 Å². The second-order valence-corrected chi connectivity index (χ2v) is 6.66. The molecule has 1 atom stereocenters. The average molecular weight is 366 g/mol. The first kappa shape index (κ1) is 17.5. The van der Waals surface area contributed by atoms with Crippen molar-refractivity contribution in [3.63, 3.8) is 0 Å². The minimum Gasteiger partial charge on any atom is -0.469 e. The largest absolute Gasteiger partial charge is 0.469 e.